The van der Waals surface area contributed by atoms with E-state index in [0.29, 0.717) is 29.2 Å². The van der Waals surface area contributed by atoms with Gasteiger partial charge in [0.1, 0.15) is 11.5 Å². The summed E-state index contributed by atoms with van der Waals surface area (Å²) in [5, 5.41) is 0. The van der Waals surface area contributed by atoms with Crippen molar-refractivity contribution in [2.75, 3.05) is 6.61 Å². The van der Waals surface area contributed by atoms with Gasteiger partial charge in [-0.1, -0.05) is 12.6 Å². The number of benzene rings is 2. The third kappa shape index (κ3) is 5.67. The maximum atomic E-state index is 14.5. The molecule has 0 spiro atoms. The van der Waals surface area contributed by atoms with Crippen molar-refractivity contribution in [2.24, 2.45) is 5.41 Å². The number of esters is 2. The molecular formula is C23H25FO5. The average molecular weight is 400 g/mol. The monoisotopic (exact) mass is 400 g/mol. The third-order valence-electron chi connectivity index (χ3n) is 3.87. The van der Waals surface area contributed by atoms with Crippen LogP contribution in [-0.4, -0.2) is 18.5 Å². The van der Waals surface area contributed by atoms with Crippen molar-refractivity contribution >= 4 is 11.9 Å². The molecule has 154 valence electrons. The predicted molar refractivity (Wildman–Crippen MR) is 109 cm³/mol. The first kappa shape index (κ1) is 22.1. The fraction of sp³-hybridized carbons (Fsp3) is 0.304. The lowest BCUT2D eigenvalue weighted by atomic mass is 9.97. The van der Waals surface area contributed by atoms with Gasteiger partial charge >= 0.3 is 11.9 Å². The van der Waals surface area contributed by atoms with Crippen molar-refractivity contribution in [3.63, 3.8) is 0 Å². The summed E-state index contributed by atoms with van der Waals surface area (Å²) in [6, 6.07) is 9.12. The van der Waals surface area contributed by atoms with Crippen molar-refractivity contribution in [1.29, 1.82) is 0 Å². The van der Waals surface area contributed by atoms with E-state index in [1.54, 1.807) is 52.0 Å². The summed E-state index contributed by atoms with van der Waals surface area (Å²) in [6.45, 7) is 12.4. The number of halogens is 1. The topological polar surface area (TPSA) is 61.8 Å². The summed E-state index contributed by atoms with van der Waals surface area (Å²) in [7, 11) is 0. The van der Waals surface area contributed by atoms with Crippen molar-refractivity contribution in [1.82, 2.24) is 0 Å². The van der Waals surface area contributed by atoms with Gasteiger partial charge in [-0.3, -0.25) is 4.79 Å². The molecule has 0 unspecified atom stereocenters. The van der Waals surface area contributed by atoms with E-state index in [0.717, 1.165) is 0 Å². The van der Waals surface area contributed by atoms with E-state index < -0.39 is 23.2 Å². The highest BCUT2D eigenvalue weighted by atomic mass is 19.1. The van der Waals surface area contributed by atoms with Crippen LogP contribution in [0.5, 0.6) is 17.2 Å². The first-order valence-electron chi connectivity index (χ1n) is 9.19. The number of carbonyl (C=O) groups is 2. The normalized spacial score (nSPS) is 11.0. The number of hydrogen-bond acceptors (Lipinski definition) is 5. The molecule has 29 heavy (non-hydrogen) atoms. The van der Waals surface area contributed by atoms with Gasteiger partial charge in [0.2, 0.25) is 0 Å². The third-order valence-corrected chi connectivity index (χ3v) is 3.87. The van der Waals surface area contributed by atoms with E-state index in [2.05, 4.69) is 6.58 Å². The van der Waals surface area contributed by atoms with Crippen LogP contribution in [0.15, 0.2) is 48.6 Å². The zero-order valence-corrected chi connectivity index (χ0v) is 17.3. The Balaban J connectivity index is 2.35. The van der Waals surface area contributed by atoms with Crippen LogP contribution in [-0.2, 0) is 9.59 Å². The Morgan fingerprint density at radius 3 is 2.28 bits per heavy atom. The van der Waals surface area contributed by atoms with E-state index in [1.807, 2.05) is 6.92 Å². The zero-order chi connectivity index (χ0) is 21.8. The molecule has 0 aliphatic rings. The molecule has 0 aliphatic heterocycles. The summed E-state index contributed by atoms with van der Waals surface area (Å²) in [4.78, 5) is 23.7. The van der Waals surface area contributed by atoms with Crippen molar-refractivity contribution in [3.05, 3.63) is 54.4 Å². The minimum Gasteiger partial charge on any atom is -0.493 e. The first-order valence-corrected chi connectivity index (χ1v) is 9.19. The second-order valence-corrected chi connectivity index (χ2v) is 7.55. The Bertz CT molecular complexity index is 941. The van der Waals surface area contributed by atoms with Gasteiger partial charge < -0.3 is 14.2 Å². The van der Waals surface area contributed by atoms with Gasteiger partial charge in [0.05, 0.1) is 12.0 Å². The standard InChI is InChI=1S/C23H25FO5/c1-7-27-20-13-16(28-21(25)14(2)3)9-10-17(20)15-8-11-19(18(24)12-15)29-22(26)23(4,5)6/h8-13H,2,7H2,1,3-6H3. The van der Waals surface area contributed by atoms with Gasteiger partial charge in [-0.05, 0) is 64.4 Å². The van der Waals surface area contributed by atoms with E-state index in [-0.39, 0.29) is 11.3 Å². The molecule has 0 aromatic heterocycles. The van der Waals surface area contributed by atoms with E-state index in [9.17, 15) is 14.0 Å². The van der Waals surface area contributed by atoms with Crippen LogP contribution in [0.2, 0.25) is 0 Å². The Morgan fingerprint density at radius 1 is 1.03 bits per heavy atom. The SMILES string of the molecule is C=C(C)C(=O)Oc1ccc(-c2ccc(OC(=O)C(C)(C)C)c(F)c2)c(OCC)c1. The fourth-order valence-corrected chi connectivity index (χ4v) is 2.28. The summed E-state index contributed by atoms with van der Waals surface area (Å²) in [6.07, 6.45) is 0. The van der Waals surface area contributed by atoms with Crippen LogP contribution in [0.3, 0.4) is 0 Å². The molecule has 6 heteroatoms. The first-order chi connectivity index (χ1) is 13.5. The van der Waals surface area contributed by atoms with Gasteiger partial charge in [-0.2, -0.15) is 0 Å². The lowest BCUT2D eigenvalue weighted by Crippen LogP contribution is -2.25. The second kappa shape index (κ2) is 8.90. The van der Waals surface area contributed by atoms with E-state index in [4.69, 9.17) is 14.2 Å². The molecule has 0 atom stereocenters. The molecule has 2 aromatic carbocycles. The molecule has 2 rings (SSSR count). The molecule has 0 saturated heterocycles. The molecule has 0 N–H and O–H groups in total. The maximum absolute atomic E-state index is 14.5. The van der Waals surface area contributed by atoms with Gasteiger partial charge in [0.25, 0.3) is 0 Å². The summed E-state index contributed by atoms with van der Waals surface area (Å²) in [5.74, 6) is -1.15. The number of rotatable bonds is 6. The lowest BCUT2D eigenvalue weighted by Gasteiger charge is -2.17. The Kier molecular flexibility index (Phi) is 6.80. The van der Waals surface area contributed by atoms with Crippen LogP contribution in [0, 0.1) is 11.2 Å². The number of carbonyl (C=O) groups excluding carboxylic acids is 2. The Labute approximate surface area is 170 Å². The fourth-order valence-electron chi connectivity index (χ4n) is 2.28. The summed E-state index contributed by atoms with van der Waals surface area (Å²) < 4.78 is 30.6. The van der Waals surface area contributed by atoms with Crippen LogP contribution in [0.1, 0.15) is 34.6 Å². The smallest absolute Gasteiger partial charge is 0.338 e. The molecule has 0 radical (unpaired) electrons. The zero-order valence-electron chi connectivity index (χ0n) is 17.3. The van der Waals surface area contributed by atoms with Crippen LogP contribution in [0.4, 0.5) is 4.39 Å². The molecule has 0 aliphatic carbocycles. The molecular weight excluding hydrogens is 375 g/mol. The van der Waals surface area contributed by atoms with Gasteiger partial charge in [0.15, 0.2) is 11.6 Å². The quantitative estimate of drug-likeness (QED) is 0.373. The van der Waals surface area contributed by atoms with Gasteiger partial charge in [-0.15, -0.1) is 0 Å². The highest BCUT2D eigenvalue weighted by Crippen LogP contribution is 2.36. The van der Waals surface area contributed by atoms with Gasteiger partial charge in [-0.25, -0.2) is 9.18 Å². The van der Waals surface area contributed by atoms with E-state index in [1.165, 1.54) is 12.1 Å². The lowest BCUT2D eigenvalue weighted by molar-refractivity contribution is -0.143. The number of ether oxygens (including phenoxy) is 3. The average Bonchev–Trinajstić information content (AvgIpc) is 2.63. The molecule has 5 nitrogen and oxygen atoms in total. The molecule has 0 saturated carbocycles. The van der Waals surface area contributed by atoms with E-state index >= 15 is 0 Å². The van der Waals surface area contributed by atoms with Gasteiger partial charge in [0, 0.05) is 17.2 Å². The van der Waals surface area contributed by atoms with Crippen molar-refractivity contribution in [2.45, 2.75) is 34.6 Å². The highest BCUT2D eigenvalue weighted by molar-refractivity contribution is 5.89. The largest absolute Gasteiger partial charge is 0.493 e. The summed E-state index contributed by atoms with van der Waals surface area (Å²) >= 11 is 0. The van der Waals surface area contributed by atoms with Crippen LogP contribution >= 0.6 is 0 Å². The highest BCUT2D eigenvalue weighted by Gasteiger charge is 2.25. The van der Waals surface area contributed by atoms with Crippen molar-refractivity contribution in [3.8, 4) is 28.4 Å². The number of hydrogen-bond donors (Lipinski definition) is 0. The molecule has 0 fully saturated rings. The molecule has 0 amide bonds. The minimum absolute atomic E-state index is 0.140. The summed E-state index contributed by atoms with van der Waals surface area (Å²) in [5.41, 5.74) is 0.660. The minimum atomic E-state index is -0.746. The second-order valence-electron chi connectivity index (χ2n) is 7.55. The Hall–Kier alpha value is -3.15. The van der Waals surface area contributed by atoms with Crippen LogP contribution in [0.25, 0.3) is 11.1 Å². The maximum Gasteiger partial charge on any atom is 0.338 e. The van der Waals surface area contributed by atoms with Crippen molar-refractivity contribution < 1.29 is 28.2 Å². The molecule has 0 bridgehead atoms. The Morgan fingerprint density at radius 2 is 1.72 bits per heavy atom. The molecule has 0 heterocycles. The van der Waals surface area contributed by atoms with Crippen LogP contribution < -0.4 is 14.2 Å². The molecule has 2 aromatic rings. The predicted octanol–water partition coefficient (Wildman–Crippen LogP) is 5.32.